The van der Waals surface area contributed by atoms with Crippen LogP contribution in [-0.2, 0) is 10.2 Å². The molecular weight excluding hydrogens is 304 g/mol. The van der Waals surface area contributed by atoms with Gasteiger partial charge in [-0.15, -0.1) is 6.42 Å². The number of primary amides is 1. The molecule has 0 saturated carbocycles. The third kappa shape index (κ3) is 2.65. The Labute approximate surface area is 138 Å². The van der Waals surface area contributed by atoms with E-state index in [1.54, 1.807) is 13.8 Å². The van der Waals surface area contributed by atoms with Gasteiger partial charge in [-0.1, -0.05) is 12.1 Å². The number of amides is 1. The molecule has 3 rings (SSSR count). The number of H-pyrrole nitrogens is 1. The number of terminal acetylenes is 1. The van der Waals surface area contributed by atoms with Crippen molar-refractivity contribution in [2.24, 2.45) is 5.73 Å². The van der Waals surface area contributed by atoms with Crippen molar-refractivity contribution < 1.29 is 4.79 Å². The highest BCUT2D eigenvalue weighted by molar-refractivity contribution is 5.86. The quantitative estimate of drug-likeness (QED) is 0.635. The fourth-order valence-corrected chi connectivity index (χ4v) is 2.25. The van der Waals surface area contributed by atoms with Gasteiger partial charge in [-0.05, 0) is 37.5 Å². The minimum absolute atomic E-state index is 0.330. The van der Waals surface area contributed by atoms with Gasteiger partial charge in [0, 0.05) is 5.69 Å². The first-order chi connectivity index (χ1) is 11.4. The number of nitrogens with zero attached hydrogens (tertiary/aromatic N) is 3. The highest BCUT2D eigenvalue weighted by atomic mass is 16.1. The van der Waals surface area contributed by atoms with E-state index in [1.165, 1.54) is 6.33 Å². The zero-order valence-electron chi connectivity index (χ0n) is 13.3. The summed E-state index contributed by atoms with van der Waals surface area (Å²) >= 11 is 0. The Morgan fingerprint density at radius 2 is 2.17 bits per heavy atom. The second-order valence-electron chi connectivity index (χ2n) is 5.84. The zero-order valence-corrected chi connectivity index (χ0v) is 13.3. The second-order valence-corrected chi connectivity index (χ2v) is 5.84. The topological polar surface area (TPSA) is 110 Å². The first-order valence-corrected chi connectivity index (χ1v) is 7.27. The molecule has 2 heterocycles. The number of nitrogens with two attached hydrogens (primary N) is 1. The van der Waals surface area contributed by atoms with Crippen LogP contribution in [0.1, 0.15) is 25.1 Å². The number of anilines is 2. The van der Waals surface area contributed by atoms with Gasteiger partial charge in [-0.3, -0.25) is 4.79 Å². The van der Waals surface area contributed by atoms with E-state index in [4.69, 9.17) is 12.2 Å². The smallest absolute Gasteiger partial charge is 0.230 e. The molecule has 0 saturated heterocycles. The normalized spacial score (nSPS) is 11.2. The van der Waals surface area contributed by atoms with Crippen molar-refractivity contribution in [2.45, 2.75) is 19.3 Å². The van der Waals surface area contributed by atoms with Gasteiger partial charge in [0.05, 0.1) is 11.7 Å². The Morgan fingerprint density at radius 3 is 2.88 bits per heavy atom. The monoisotopic (exact) mass is 320 g/mol. The lowest BCUT2D eigenvalue weighted by molar-refractivity contribution is -0.122. The number of fused-ring (bicyclic) bond motifs is 1. The van der Waals surface area contributed by atoms with Crippen LogP contribution < -0.4 is 11.1 Å². The molecule has 7 heteroatoms. The van der Waals surface area contributed by atoms with Crippen LogP contribution in [0.25, 0.3) is 11.2 Å². The lowest BCUT2D eigenvalue weighted by Gasteiger charge is -2.21. The van der Waals surface area contributed by atoms with Crippen LogP contribution in [0.5, 0.6) is 0 Å². The summed E-state index contributed by atoms with van der Waals surface area (Å²) in [6.45, 7) is 3.55. The Bertz CT molecular complexity index is 967. The van der Waals surface area contributed by atoms with E-state index in [0.717, 1.165) is 11.3 Å². The maximum Gasteiger partial charge on any atom is 0.230 e. The summed E-state index contributed by atoms with van der Waals surface area (Å²) in [4.78, 5) is 27.3. The van der Waals surface area contributed by atoms with Gasteiger partial charge in [-0.2, -0.15) is 4.98 Å². The number of aromatic nitrogens is 4. The molecule has 4 N–H and O–H groups in total. The standard InChI is InChI=1S/C17H16N6O/c1-4-12-13-14(20-9-19-13)23-16(22-12)21-11-7-5-6-10(8-11)17(2,3)15(18)24/h1,5-9H,2-3H3,(H2,18,24)(H2,19,20,21,22,23). The molecule has 3 aromatic rings. The molecule has 0 unspecified atom stereocenters. The Balaban J connectivity index is 1.98. The first-order valence-electron chi connectivity index (χ1n) is 7.27. The average Bonchev–Trinajstić information content (AvgIpc) is 3.02. The number of rotatable bonds is 4. The van der Waals surface area contributed by atoms with E-state index in [2.05, 4.69) is 31.2 Å². The molecule has 0 radical (unpaired) electrons. The van der Waals surface area contributed by atoms with E-state index in [-0.39, 0.29) is 0 Å². The molecule has 0 atom stereocenters. The van der Waals surface area contributed by atoms with Crippen LogP contribution in [0.2, 0.25) is 0 Å². The molecule has 0 aliphatic carbocycles. The average molecular weight is 320 g/mol. The molecule has 0 spiro atoms. The molecule has 0 bridgehead atoms. The van der Waals surface area contributed by atoms with Gasteiger partial charge in [0.15, 0.2) is 5.65 Å². The Kier molecular flexibility index (Phi) is 3.66. The predicted octanol–water partition coefficient (Wildman–Crippen LogP) is 1.84. The van der Waals surface area contributed by atoms with Crippen LogP contribution in [0.15, 0.2) is 30.6 Å². The largest absolute Gasteiger partial charge is 0.369 e. The molecule has 0 aliphatic rings. The van der Waals surface area contributed by atoms with E-state index < -0.39 is 11.3 Å². The van der Waals surface area contributed by atoms with Crippen LogP contribution >= 0.6 is 0 Å². The molecule has 2 aromatic heterocycles. The van der Waals surface area contributed by atoms with E-state index in [1.807, 2.05) is 24.3 Å². The van der Waals surface area contributed by atoms with Crippen molar-refractivity contribution in [3.05, 3.63) is 41.9 Å². The number of aromatic amines is 1. The number of hydrogen-bond acceptors (Lipinski definition) is 5. The van der Waals surface area contributed by atoms with E-state index in [0.29, 0.717) is 22.8 Å². The van der Waals surface area contributed by atoms with Crippen molar-refractivity contribution in [2.75, 3.05) is 5.32 Å². The Hall–Kier alpha value is -3.40. The highest BCUT2D eigenvalue weighted by Gasteiger charge is 2.27. The lowest BCUT2D eigenvalue weighted by atomic mass is 9.84. The van der Waals surface area contributed by atoms with E-state index in [9.17, 15) is 4.79 Å². The van der Waals surface area contributed by atoms with Crippen molar-refractivity contribution in [3.63, 3.8) is 0 Å². The number of nitrogens with one attached hydrogen (secondary N) is 2. The zero-order chi connectivity index (χ0) is 17.3. The highest BCUT2D eigenvalue weighted by Crippen LogP contribution is 2.26. The van der Waals surface area contributed by atoms with Gasteiger partial charge < -0.3 is 16.0 Å². The summed E-state index contributed by atoms with van der Waals surface area (Å²) in [7, 11) is 0. The third-order valence-corrected chi connectivity index (χ3v) is 3.88. The molecule has 7 nitrogen and oxygen atoms in total. The minimum Gasteiger partial charge on any atom is -0.369 e. The van der Waals surface area contributed by atoms with Gasteiger partial charge >= 0.3 is 0 Å². The number of benzene rings is 1. The summed E-state index contributed by atoms with van der Waals surface area (Å²) in [6, 6.07) is 7.35. The maximum absolute atomic E-state index is 11.6. The number of imidazole rings is 1. The fraction of sp³-hybridized carbons (Fsp3) is 0.176. The van der Waals surface area contributed by atoms with Crippen LogP contribution in [0.4, 0.5) is 11.6 Å². The summed E-state index contributed by atoms with van der Waals surface area (Å²) in [5.41, 5.74) is 7.73. The Morgan fingerprint density at radius 1 is 1.38 bits per heavy atom. The molecular formula is C17H16N6O. The summed E-state index contributed by atoms with van der Waals surface area (Å²) in [5.74, 6) is 2.44. The molecule has 0 aliphatic heterocycles. The number of carbonyl (C=O) groups is 1. The minimum atomic E-state index is -0.783. The van der Waals surface area contributed by atoms with Crippen LogP contribution in [-0.4, -0.2) is 25.8 Å². The number of carbonyl (C=O) groups excluding carboxylic acids is 1. The second kappa shape index (κ2) is 5.66. The maximum atomic E-state index is 11.6. The fourth-order valence-electron chi connectivity index (χ4n) is 2.25. The van der Waals surface area contributed by atoms with Crippen molar-refractivity contribution in [3.8, 4) is 12.3 Å². The molecule has 120 valence electrons. The SMILES string of the molecule is C#Cc1nc(Nc2cccc(C(C)(C)C(N)=O)c2)nc2nc[nH]c12. The summed E-state index contributed by atoms with van der Waals surface area (Å²) in [5, 5.41) is 3.09. The van der Waals surface area contributed by atoms with Gasteiger partial charge in [0.1, 0.15) is 11.2 Å². The van der Waals surface area contributed by atoms with Crippen molar-refractivity contribution in [1.82, 2.24) is 19.9 Å². The van der Waals surface area contributed by atoms with Gasteiger partial charge in [0.2, 0.25) is 11.9 Å². The molecule has 1 amide bonds. The number of hydrogen-bond donors (Lipinski definition) is 3. The van der Waals surface area contributed by atoms with Crippen LogP contribution in [0, 0.1) is 12.3 Å². The van der Waals surface area contributed by atoms with Gasteiger partial charge in [-0.25, -0.2) is 9.97 Å². The third-order valence-electron chi connectivity index (χ3n) is 3.88. The van der Waals surface area contributed by atoms with E-state index >= 15 is 0 Å². The van der Waals surface area contributed by atoms with Crippen molar-refractivity contribution >= 4 is 28.7 Å². The molecule has 1 aromatic carbocycles. The van der Waals surface area contributed by atoms with Crippen molar-refractivity contribution in [1.29, 1.82) is 0 Å². The first kappa shape index (κ1) is 15.5. The molecule has 0 fully saturated rings. The van der Waals surface area contributed by atoms with Gasteiger partial charge in [0.25, 0.3) is 0 Å². The summed E-state index contributed by atoms with van der Waals surface area (Å²) in [6.07, 6.45) is 7.00. The lowest BCUT2D eigenvalue weighted by Crippen LogP contribution is -2.35. The van der Waals surface area contributed by atoms with Crippen LogP contribution in [0.3, 0.4) is 0 Å². The summed E-state index contributed by atoms with van der Waals surface area (Å²) < 4.78 is 0. The predicted molar refractivity (Wildman–Crippen MR) is 91.6 cm³/mol. The molecule has 24 heavy (non-hydrogen) atoms.